The minimum atomic E-state index is 0.581. The number of aliphatic imine (C=N–C) groups is 1. The molecule has 0 fully saturated rings. The molecule has 1 unspecified atom stereocenters. The summed E-state index contributed by atoms with van der Waals surface area (Å²) in [6.45, 7) is 1.79. The molecule has 0 spiro atoms. The SMILES string of the molecule is CN(Cc1ccc(Cl)cc1)C1=NCC(CBr)S1. The van der Waals surface area contributed by atoms with Crippen molar-refractivity contribution in [3.63, 3.8) is 0 Å². The average Bonchev–Trinajstić information content (AvgIpc) is 2.81. The average molecular weight is 334 g/mol. The number of halogens is 2. The molecule has 5 heteroatoms. The van der Waals surface area contributed by atoms with Gasteiger partial charge in [-0.25, -0.2) is 0 Å². The van der Waals surface area contributed by atoms with E-state index in [0.29, 0.717) is 5.25 Å². The summed E-state index contributed by atoms with van der Waals surface area (Å²) in [6, 6.07) is 7.97. The van der Waals surface area contributed by atoms with Gasteiger partial charge >= 0.3 is 0 Å². The highest BCUT2D eigenvalue weighted by Gasteiger charge is 2.21. The van der Waals surface area contributed by atoms with Gasteiger partial charge in [0.2, 0.25) is 0 Å². The summed E-state index contributed by atoms with van der Waals surface area (Å²) in [5.41, 5.74) is 1.25. The molecule has 0 aromatic heterocycles. The Labute approximate surface area is 120 Å². The zero-order chi connectivity index (χ0) is 12.3. The Morgan fingerprint density at radius 3 is 2.76 bits per heavy atom. The summed E-state index contributed by atoms with van der Waals surface area (Å²) in [6.07, 6.45) is 0. The molecular weight excluding hydrogens is 320 g/mol. The Morgan fingerprint density at radius 1 is 1.47 bits per heavy atom. The number of nitrogens with zero attached hydrogens (tertiary/aromatic N) is 2. The molecule has 1 heterocycles. The third-order valence-electron chi connectivity index (χ3n) is 2.53. The first-order chi connectivity index (χ1) is 8.19. The van der Waals surface area contributed by atoms with Crippen molar-refractivity contribution in [3.8, 4) is 0 Å². The topological polar surface area (TPSA) is 15.6 Å². The Bertz CT molecular complexity index is 407. The van der Waals surface area contributed by atoms with Crippen LogP contribution in [0.25, 0.3) is 0 Å². The number of hydrogen-bond acceptors (Lipinski definition) is 3. The van der Waals surface area contributed by atoms with Crippen LogP contribution in [0.3, 0.4) is 0 Å². The highest BCUT2D eigenvalue weighted by atomic mass is 79.9. The minimum absolute atomic E-state index is 0.581. The monoisotopic (exact) mass is 332 g/mol. The predicted molar refractivity (Wildman–Crippen MR) is 80.4 cm³/mol. The molecule has 1 aromatic carbocycles. The summed E-state index contributed by atoms with van der Waals surface area (Å²) in [7, 11) is 2.08. The van der Waals surface area contributed by atoms with E-state index in [0.717, 1.165) is 28.6 Å². The number of benzene rings is 1. The molecule has 0 aliphatic carbocycles. The fraction of sp³-hybridized carbons (Fsp3) is 0.417. The van der Waals surface area contributed by atoms with Gasteiger partial charge in [0.15, 0.2) is 5.17 Å². The zero-order valence-electron chi connectivity index (χ0n) is 9.57. The third-order valence-corrected chi connectivity index (χ3v) is 5.30. The van der Waals surface area contributed by atoms with Crippen LogP contribution in [0.15, 0.2) is 29.3 Å². The van der Waals surface area contributed by atoms with Crippen LogP contribution in [-0.4, -0.2) is 34.2 Å². The molecule has 92 valence electrons. The van der Waals surface area contributed by atoms with Crippen LogP contribution in [0.1, 0.15) is 5.56 Å². The molecule has 1 aliphatic rings. The normalized spacial score (nSPS) is 19.2. The molecular formula is C12H14BrClN2S. The lowest BCUT2D eigenvalue weighted by atomic mass is 10.2. The van der Waals surface area contributed by atoms with Crippen molar-refractivity contribution in [3.05, 3.63) is 34.9 Å². The van der Waals surface area contributed by atoms with Crippen LogP contribution in [0, 0.1) is 0 Å². The molecule has 1 aliphatic heterocycles. The maximum atomic E-state index is 5.87. The van der Waals surface area contributed by atoms with E-state index in [2.05, 4.69) is 45.0 Å². The molecule has 0 bridgehead atoms. The number of alkyl halides is 1. The van der Waals surface area contributed by atoms with Gasteiger partial charge in [0, 0.05) is 29.2 Å². The van der Waals surface area contributed by atoms with Gasteiger partial charge in [-0.3, -0.25) is 4.99 Å². The standard InChI is InChI=1S/C12H14BrClN2S/c1-16(12-15-7-11(6-13)17-12)8-9-2-4-10(14)5-3-9/h2-5,11H,6-8H2,1H3. The molecule has 17 heavy (non-hydrogen) atoms. The Kier molecular flexibility index (Phi) is 4.77. The van der Waals surface area contributed by atoms with Gasteiger partial charge in [-0.1, -0.05) is 51.4 Å². The van der Waals surface area contributed by atoms with Gasteiger partial charge in [0.1, 0.15) is 0 Å². The lowest BCUT2D eigenvalue weighted by Gasteiger charge is -2.18. The fourth-order valence-electron chi connectivity index (χ4n) is 1.63. The molecule has 0 radical (unpaired) electrons. The summed E-state index contributed by atoms with van der Waals surface area (Å²) in [5.74, 6) is 0. The molecule has 0 saturated heterocycles. The van der Waals surface area contributed by atoms with E-state index in [-0.39, 0.29) is 0 Å². The van der Waals surface area contributed by atoms with E-state index in [4.69, 9.17) is 11.6 Å². The van der Waals surface area contributed by atoms with Crippen molar-refractivity contribution < 1.29 is 0 Å². The maximum Gasteiger partial charge on any atom is 0.159 e. The van der Waals surface area contributed by atoms with Crippen molar-refractivity contribution >= 4 is 44.5 Å². The summed E-state index contributed by atoms with van der Waals surface area (Å²) in [5, 5.41) is 3.49. The zero-order valence-corrected chi connectivity index (χ0v) is 12.7. The molecule has 0 amide bonds. The Balaban J connectivity index is 1.93. The fourth-order valence-corrected chi connectivity index (χ4v) is 3.26. The van der Waals surface area contributed by atoms with Crippen LogP contribution in [-0.2, 0) is 6.54 Å². The van der Waals surface area contributed by atoms with Crippen LogP contribution < -0.4 is 0 Å². The van der Waals surface area contributed by atoms with Crippen molar-refractivity contribution in [2.45, 2.75) is 11.8 Å². The summed E-state index contributed by atoms with van der Waals surface area (Å²) < 4.78 is 0. The first-order valence-electron chi connectivity index (χ1n) is 5.41. The van der Waals surface area contributed by atoms with E-state index in [9.17, 15) is 0 Å². The smallest absolute Gasteiger partial charge is 0.159 e. The predicted octanol–water partition coefficient (Wildman–Crippen LogP) is 3.64. The van der Waals surface area contributed by atoms with Crippen molar-refractivity contribution in [1.82, 2.24) is 4.90 Å². The molecule has 2 nitrogen and oxygen atoms in total. The first kappa shape index (κ1) is 13.2. The van der Waals surface area contributed by atoms with Crippen molar-refractivity contribution in [2.24, 2.45) is 4.99 Å². The lowest BCUT2D eigenvalue weighted by molar-refractivity contribution is 0.510. The number of amidine groups is 1. The van der Waals surface area contributed by atoms with E-state index >= 15 is 0 Å². The van der Waals surface area contributed by atoms with E-state index in [1.165, 1.54) is 5.56 Å². The first-order valence-corrected chi connectivity index (χ1v) is 7.79. The number of thioether (sulfide) groups is 1. The van der Waals surface area contributed by atoms with Crippen molar-refractivity contribution in [1.29, 1.82) is 0 Å². The van der Waals surface area contributed by atoms with Gasteiger partial charge < -0.3 is 4.90 Å². The van der Waals surface area contributed by atoms with Crippen LogP contribution in [0.5, 0.6) is 0 Å². The van der Waals surface area contributed by atoms with Gasteiger partial charge in [0.05, 0.1) is 6.54 Å². The maximum absolute atomic E-state index is 5.87. The number of rotatable bonds is 3. The number of hydrogen-bond donors (Lipinski definition) is 0. The quantitative estimate of drug-likeness (QED) is 0.785. The van der Waals surface area contributed by atoms with E-state index in [1.54, 1.807) is 0 Å². The van der Waals surface area contributed by atoms with Gasteiger partial charge in [0.25, 0.3) is 0 Å². The summed E-state index contributed by atoms with van der Waals surface area (Å²) in [4.78, 5) is 6.74. The van der Waals surface area contributed by atoms with E-state index in [1.807, 2.05) is 23.9 Å². The van der Waals surface area contributed by atoms with E-state index < -0.39 is 0 Å². The molecule has 0 N–H and O–H groups in total. The largest absolute Gasteiger partial charge is 0.350 e. The van der Waals surface area contributed by atoms with Gasteiger partial charge in [-0.05, 0) is 17.7 Å². The molecule has 0 saturated carbocycles. The molecule has 1 aromatic rings. The highest BCUT2D eigenvalue weighted by molar-refractivity contribution is 9.09. The second-order valence-corrected chi connectivity index (χ2v) is 6.35. The lowest BCUT2D eigenvalue weighted by Crippen LogP contribution is -2.22. The molecule has 2 rings (SSSR count). The van der Waals surface area contributed by atoms with Crippen LogP contribution in [0.2, 0.25) is 5.02 Å². The van der Waals surface area contributed by atoms with Gasteiger partial charge in [-0.15, -0.1) is 0 Å². The minimum Gasteiger partial charge on any atom is -0.350 e. The highest BCUT2D eigenvalue weighted by Crippen LogP contribution is 2.25. The second kappa shape index (κ2) is 6.12. The van der Waals surface area contributed by atoms with Crippen molar-refractivity contribution in [2.75, 3.05) is 18.9 Å². The summed E-state index contributed by atoms with van der Waals surface area (Å²) >= 11 is 11.2. The Hall–Kier alpha value is -0.190. The van der Waals surface area contributed by atoms with Gasteiger partial charge in [-0.2, -0.15) is 0 Å². The second-order valence-electron chi connectivity index (χ2n) is 4.00. The van der Waals surface area contributed by atoms with Crippen LogP contribution in [0.4, 0.5) is 0 Å². The van der Waals surface area contributed by atoms with Crippen LogP contribution >= 0.6 is 39.3 Å². The Morgan fingerprint density at radius 2 is 2.18 bits per heavy atom. The molecule has 1 atom stereocenters. The third kappa shape index (κ3) is 3.63.